The molecule has 2 aromatic rings. The first-order chi connectivity index (χ1) is 11.9. The topological polar surface area (TPSA) is 102 Å². The van der Waals surface area contributed by atoms with Crippen LogP contribution in [0.1, 0.15) is 17.3 Å². The summed E-state index contributed by atoms with van der Waals surface area (Å²) < 4.78 is 18.1. The van der Waals surface area contributed by atoms with Crippen LogP contribution in [0, 0.1) is 15.9 Å². The van der Waals surface area contributed by atoms with E-state index in [0.717, 1.165) is 0 Å². The minimum absolute atomic E-state index is 0.00736. The van der Waals surface area contributed by atoms with Gasteiger partial charge in [0, 0.05) is 18.3 Å². The molecule has 132 valence electrons. The summed E-state index contributed by atoms with van der Waals surface area (Å²) in [5, 5.41) is 23.7. The summed E-state index contributed by atoms with van der Waals surface area (Å²) in [6, 6.07) is 9.46. The molecule has 2 aromatic carbocycles. The van der Waals surface area contributed by atoms with E-state index in [-0.39, 0.29) is 30.2 Å². The van der Waals surface area contributed by atoms with E-state index in [1.165, 1.54) is 49.4 Å². The van der Waals surface area contributed by atoms with Crippen LogP contribution in [0.15, 0.2) is 42.5 Å². The minimum Gasteiger partial charge on any atom is -0.491 e. The number of Topliss-reactive ketones (excluding diaryl/α,β-unsaturated/α-hetero) is 1. The second-order valence-corrected chi connectivity index (χ2v) is 5.34. The first-order valence-electron chi connectivity index (χ1n) is 7.46. The first kappa shape index (κ1) is 18.3. The average molecular weight is 348 g/mol. The van der Waals surface area contributed by atoms with Gasteiger partial charge in [-0.1, -0.05) is 0 Å². The number of nitrogens with one attached hydrogen (secondary N) is 1. The number of nitrogens with zero attached hydrogens (tertiary/aromatic N) is 1. The van der Waals surface area contributed by atoms with Crippen molar-refractivity contribution in [2.75, 3.05) is 18.5 Å². The number of anilines is 1. The second-order valence-electron chi connectivity index (χ2n) is 5.34. The maximum absolute atomic E-state index is 12.8. The molecule has 8 heteroatoms. The smallest absolute Gasteiger partial charge is 0.280 e. The van der Waals surface area contributed by atoms with E-state index >= 15 is 0 Å². The Balaban J connectivity index is 1.91. The quantitative estimate of drug-likeness (QED) is 0.432. The largest absolute Gasteiger partial charge is 0.491 e. The number of aliphatic hydroxyl groups is 1. The van der Waals surface area contributed by atoms with Crippen molar-refractivity contribution in [3.8, 4) is 5.75 Å². The zero-order chi connectivity index (χ0) is 18.4. The molecule has 0 fully saturated rings. The van der Waals surface area contributed by atoms with Crippen molar-refractivity contribution in [3.05, 3.63) is 64.0 Å². The maximum atomic E-state index is 12.8. The van der Waals surface area contributed by atoms with Crippen LogP contribution in [-0.2, 0) is 0 Å². The number of hydrogen-bond acceptors (Lipinski definition) is 6. The van der Waals surface area contributed by atoms with Crippen LogP contribution >= 0.6 is 0 Å². The molecule has 0 saturated heterocycles. The molecule has 0 bridgehead atoms. The number of aliphatic hydroxyl groups excluding tert-OH is 1. The molecule has 0 amide bonds. The fraction of sp³-hybridized carbons (Fsp3) is 0.235. The molecule has 0 aliphatic carbocycles. The summed E-state index contributed by atoms with van der Waals surface area (Å²) in [5.41, 5.74) is 0.196. The number of halogens is 1. The van der Waals surface area contributed by atoms with E-state index in [0.29, 0.717) is 11.4 Å². The monoisotopic (exact) mass is 348 g/mol. The first-order valence-corrected chi connectivity index (χ1v) is 7.46. The van der Waals surface area contributed by atoms with Crippen LogP contribution in [0.4, 0.5) is 15.8 Å². The summed E-state index contributed by atoms with van der Waals surface area (Å²) in [6.45, 7) is 1.33. The molecule has 0 aromatic heterocycles. The number of nitro benzene ring substituents is 1. The third-order valence-corrected chi connectivity index (χ3v) is 3.37. The van der Waals surface area contributed by atoms with E-state index in [1.54, 1.807) is 0 Å². The van der Waals surface area contributed by atoms with E-state index in [4.69, 9.17) is 4.74 Å². The normalized spacial score (nSPS) is 11.6. The van der Waals surface area contributed by atoms with Gasteiger partial charge < -0.3 is 15.2 Å². The fourth-order valence-corrected chi connectivity index (χ4v) is 2.11. The van der Waals surface area contributed by atoms with Gasteiger partial charge in [0.25, 0.3) is 5.69 Å². The molecule has 1 atom stereocenters. The highest BCUT2D eigenvalue weighted by Gasteiger charge is 2.17. The molecule has 7 nitrogen and oxygen atoms in total. The summed E-state index contributed by atoms with van der Waals surface area (Å²) in [5.74, 6) is -0.376. The Kier molecular flexibility index (Phi) is 6.02. The van der Waals surface area contributed by atoms with Gasteiger partial charge in [0.15, 0.2) is 5.78 Å². The molecule has 0 saturated carbocycles. The van der Waals surface area contributed by atoms with Crippen molar-refractivity contribution in [1.29, 1.82) is 0 Å². The molecule has 0 spiro atoms. The van der Waals surface area contributed by atoms with Crippen LogP contribution in [0.3, 0.4) is 0 Å². The molecule has 2 rings (SSSR count). The molecule has 0 radical (unpaired) electrons. The Morgan fingerprint density at radius 2 is 2.00 bits per heavy atom. The highest BCUT2D eigenvalue weighted by molar-refractivity contribution is 5.99. The molecular weight excluding hydrogens is 331 g/mol. The Morgan fingerprint density at radius 1 is 1.32 bits per heavy atom. The Morgan fingerprint density at radius 3 is 2.60 bits per heavy atom. The molecule has 0 heterocycles. The van der Waals surface area contributed by atoms with Gasteiger partial charge in [-0.2, -0.15) is 0 Å². The van der Waals surface area contributed by atoms with Gasteiger partial charge in [-0.05, 0) is 43.3 Å². The second kappa shape index (κ2) is 8.20. The van der Waals surface area contributed by atoms with E-state index in [9.17, 15) is 24.4 Å². The lowest BCUT2D eigenvalue weighted by molar-refractivity contribution is -0.385. The standard InChI is InChI=1S/C17H17FN2O5/c1-11(21)16-8-13(4-7-17(16)20(23)24)19-9-14(22)10-25-15-5-2-12(18)3-6-15/h2-8,14,19,22H,9-10H2,1H3/t14-/m1/s1. The van der Waals surface area contributed by atoms with Gasteiger partial charge in [0.2, 0.25) is 0 Å². The third kappa shape index (κ3) is 5.25. The number of rotatable bonds is 8. The molecule has 2 N–H and O–H groups in total. The zero-order valence-corrected chi connectivity index (χ0v) is 13.4. The lowest BCUT2D eigenvalue weighted by atomic mass is 10.1. The number of ketones is 1. The Labute approximate surface area is 143 Å². The summed E-state index contributed by atoms with van der Waals surface area (Å²) >= 11 is 0. The van der Waals surface area contributed by atoms with Gasteiger partial charge in [-0.15, -0.1) is 0 Å². The van der Waals surface area contributed by atoms with Crippen LogP contribution in [0.5, 0.6) is 5.75 Å². The van der Waals surface area contributed by atoms with Crippen molar-refractivity contribution in [1.82, 2.24) is 0 Å². The van der Waals surface area contributed by atoms with E-state index in [2.05, 4.69) is 5.32 Å². The van der Waals surface area contributed by atoms with Crippen LogP contribution < -0.4 is 10.1 Å². The number of ether oxygens (including phenoxy) is 1. The van der Waals surface area contributed by atoms with E-state index < -0.39 is 16.8 Å². The number of hydrogen-bond donors (Lipinski definition) is 2. The highest BCUT2D eigenvalue weighted by atomic mass is 19.1. The van der Waals surface area contributed by atoms with Crippen LogP contribution in [0.25, 0.3) is 0 Å². The molecule has 0 aliphatic heterocycles. The zero-order valence-electron chi connectivity index (χ0n) is 13.4. The molecule has 25 heavy (non-hydrogen) atoms. The molecule has 0 aliphatic rings. The molecular formula is C17H17FN2O5. The SMILES string of the molecule is CC(=O)c1cc(NC[C@@H](O)COc2ccc(F)cc2)ccc1[N+](=O)[O-]. The average Bonchev–Trinajstić information content (AvgIpc) is 2.59. The van der Waals surface area contributed by atoms with Crippen molar-refractivity contribution in [2.24, 2.45) is 0 Å². The van der Waals surface area contributed by atoms with Crippen LogP contribution in [-0.4, -0.2) is 35.1 Å². The number of benzene rings is 2. The van der Waals surface area contributed by atoms with Crippen LogP contribution in [0.2, 0.25) is 0 Å². The predicted octanol–water partition coefficient (Wildman–Crippen LogP) is 2.79. The van der Waals surface area contributed by atoms with Crippen molar-refractivity contribution >= 4 is 17.2 Å². The lowest BCUT2D eigenvalue weighted by Crippen LogP contribution is -2.26. The van der Waals surface area contributed by atoms with Gasteiger partial charge in [0.1, 0.15) is 24.3 Å². The number of carbonyl (C=O) groups is 1. The van der Waals surface area contributed by atoms with Crippen molar-refractivity contribution in [2.45, 2.75) is 13.0 Å². The lowest BCUT2D eigenvalue weighted by Gasteiger charge is -2.14. The minimum atomic E-state index is -0.874. The van der Waals surface area contributed by atoms with Gasteiger partial charge in [-0.25, -0.2) is 4.39 Å². The molecule has 0 unspecified atom stereocenters. The maximum Gasteiger partial charge on any atom is 0.280 e. The van der Waals surface area contributed by atoms with Gasteiger partial charge in [-0.3, -0.25) is 14.9 Å². The van der Waals surface area contributed by atoms with Gasteiger partial charge in [0.05, 0.1) is 10.5 Å². The highest BCUT2D eigenvalue weighted by Crippen LogP contribution is 2.23. The summed E-state index contributed by atoms with van der Waals surface area (Å²) in [4.78, 5) is 21.8. The summed E-state index contributed by atoms with van der Waals surface area (Å²) in [7, 11) is 0. The van der Waals surface area contributed by atoms with E-state index in [1.807, 2.05) is 0 Å². The number of carbonyl (C=O) groups excluding carboxylic acids is 1. The Hall–Kier alpha value is -3.00. The summed E-state index contributed by atoms with van der Waals surface area (Å²) in [6.07, 6.45) is -0.874. The third-order valence-electron chi connectivity index (χ3n) is 3.37. The predicted molar refractivity (Wildman–Crippen MR) is 89.5 cm³/mol. The van der Waals surface area contributed by atoms with Crippen molar-refractivity contribution < 1.29 is 24.0 Å². The number of nitro groups is 1. The Bertz CT molecular complexity index is 764. The van der Waals surface area contributed by atoms with Crippen molar-refractivity contribution in [3.63, 3.8) is 0 Å². The van der Waals surface area contributed by atoms with Gasteiger partial charge >= 0.3 is 0 Å². The fourth-order valence-electron chi connectivity index (χ4n) is 2.11.